The molecule has 0 saturated heterocycles. The third-order valence-corrected chi connectivity index (χ3v) is 2.11. The van der Waals surface area contributed by atoms with E-state index in [-0.39, 0.29) is 11.6 Å². The molecule has 0 bridgehead atoms. The van der Waals surface area contributed by atoms with Crippen LogP contribution in [0.2, 0.25) is 0 Å². The van der Waals surface area contributed by atoms with E-state index in [2.05, 4.69) is 11.9 Å². The van der Waals surface area contributed by atoms with Crippen LogP contribution in [-0.4, -0.2) is 4.98 Å². The number of aryl methyl sites for hydroxylation is 1. The maximum Gasteiger partial charge on any atom is 0.293 e. The lowest BCUT2D eigenvalue weighted by Crippen LogP contribution is -1.88. The van der Waals surface area contributed by atoms with Gasteiger partial charge in [0.2, 0.25) is 0 Å². The first-order valence-electron chi connectivity index (χ1n) is 4.55. The molecule has 1 aromatic carbocycles. The lowest BCUT2D eigenvalue weighted by Gasteiger charge is -1.98. The van der Waals surface area contributed by atoms with Gasteiger partial charge in [-0.15, -0.1) is 0 Å². The Bertz CT molecular complexity index is 464. The molecule has 74 valence electrons. The molecule has 0 spiro atoms. The minimum atomic E-state index is -0.413. The topological polar surface area (TPSA) is 52.0 Å². The maximum absolute atomic E-state index is 13.2. The summed E-state index contributed by atoms with van der Waals surface area (Å²) in [4.78, 5) is 3.96. The quantitative estimate of drug-likeness (QED) is 0.799. The molecule has 0 aliphatic rings. The average molecular weight is 194 g/mol. The van der Waals surface area contributed by atoms with Crippen molar-refractivity contribution in [2.45, 2.75) is 19.8 Å². The van der Waals surface area contributed by atoms with E-state index < -0.39 is 5.82 Å². The first kappa shape index (κ1) is 8.99. The molecule has 3 nitrogen and oxygen atoms in total. The van der Waals surface area contributed by atoms with E-state index in [9.17, 15) is 4.39 Å². The zero-order valence-corrected chi connectivity index (χ0v) is 7.88. The summed E-state index contributed by atoms with van der Waals surface area (Å²) in [5.74, 6) is -0.413. The normalized spacial score (nSPS) is 11.0. The van der Waals surface area contributed by atoms with Gasteiger partial charge in [0.15, 0.2) is 11.4 Å². The molecule has 14 heavy (non-hydrogen) atoms. The molecule has 0 atom stereocenters. The van der Waals surface area contributed by atoms with Crippen LogP contribution in [0.5, 0.6) is 0 Å². The van der Waals surface area contributed by atoms with Crippen LogP contribution in [0.1, 0.15) is 18.9 Å². The van der Waals surface area contributed by atoms with E-state index >= 15 is 0 Å². The smallest absolute Gasteiger partial charge is 0.293 e. The van der Waals surface area contributed by atoms with Crippen molar-refractivity contribution in [2.75, 3.05) is 5.73 Å². The number of rotatable bonds is 2. The fraction of sp³-hybridized carbons (Fsp3) is 0.300. The van der Waals surface area contributed by atoms with Gasteiger partial charge >= 0.3 is 0 Å². The standard InChI is InChI=1S/C10H11FN2O/c1-2-3-6-4-5-7(11)9-8(6)13-10(12)14-9/h4-5H,2-3H2,1H3,(H2,12,13). The van der Waals surface area contributed by atoms with Crippen molar-refractivity contribution in [1.29, 1.82) is 0 Å². The van der Waals surface area contributed by atoms with Crippen LogP contribution in [0, 0.1) is 5.82 Å². The largest absolute Gasteiger partial charge is 0.421 e. The van der Waals surface area contributed by atoms with E-state index in [0.29, 0.717) is 5.52 Å². The molecular formula is C10H11FN2O. The number of nitrogen functional groups attached to an aromatic ring is 1. The molecule has 0 radical (unpaired) electrons. The maximum atomic E-state index is 13.2. The SMILES string of the molecule is CCCc1ccc(F)c2oc(N)nc12. The van der Waals surface area contributed by atoms with Crippen molar-refractivity contribution in [2.24, 2.45) is 0 Å². The summed E-state index contributed by atoms with van der Waals surface area (Å²) >= 11 is 0. The van der Waals surface area contributed by atoms with Crippen molar-refractivity contribution >= 4 is 17.1 Å². The van der Waals surface area contributed by atoms with Crippen LogP contribution in [-0.2, 0) is 6.42 Å². The number of nitrogens with zero attached hydrogens (tertiary/aromatic N) is 1. The molecule has 0 saturated carbocycles. The Hall–Kier alpha value is -1.58. The number of aromatic nitrogens is 1. The summed E-state index contributed by atoms with van der Waals surface area (Å²) < 4.78 is 18.2. The third-order valence-electron chi connectivity index (χ3n) is 2.11. The highest BCUT2D eigenvalue weighted by atomic mass is 19.1. The summed E-state index contributed by atoms with van der Waals surface area (Å²) in [5, 5.41) is 0. The number of nitrogens with two attached hydrogens (primary N) is 1. The van der Waals surface area contributed by atoms with Crippen LogP contribution < -0.4 is 5.73 Å². The van der Waals surface area contributed by atoms with Crippen LogP contribution in [0.15, 0.2) is 16.5 Å². The number of hydrogen-bond acceptors (Lipinski definition) is 3. The Morgan fingerprint density at radius 3 is 3.00 bits per heavy atom. The summed E-state index contributed by atoms with van der Waals surface area (Å²) in [5.41, 5.74) is 7.06. The summed E-state index contributed by atoms with van der Waals surface area (Å²) in [6.45, 7) is 2.05. The first-order chi connectivity index (χ1) is 6.72. The molecule has 0 unspecified atom stereocenters. The third kappa shape index (κ3) is 1.32. The Balaban J connectivity index is 2.68. The first-order valence-corrected chi connectivity index (χ1v) is 4.55. The molecule has 2 aromatic rings. The number of fused-ring (bicyclic) bond motifs is 1. The molecule has 4 heteroatoms. The zero-order valence-electron chi connectivity index (χ0n) is 7.88. The lowest BCUT2D eigenvalue weighted by molar-refractivity contribution is 0.567. The van der Waals surface area contributed by atoms with Gasteiger partial charge in [0.1, 0.15) is 5.52 Å². The van der Waals surface area contributed by atoms with Crippen molar-refractivity contribution in [3.8, 4) is 0 Å². The molecule has 1 aromatic heterocycles. The summed E-state index contributed by atoms with van der Waals surface area (Å²) in [7, 11) is 0. The summed E-state index contributed by atoms with van der Waals surface area (Å²) in [6.07, 6.45) is 1.83. The van der Waals surface area contributed by atoms with E-state index in [4.69, 9.17) is 10.2 Å². The van der Waals surface area contributed by atoms with Gasteiger partial charge in [-0.05, 0) is 18.1 Å². The molecule has 2 rings (SSSR count). The van der Waals surface area contributed by atoms with Crippen LogP contribution in [0.4, 0.5) is 10.4 Å². The Kier molecular flexibility index (Phi) is 2.11. The molecule has 0 amide bonds. The van der Waals surface area contributed by atoms with E-state index in [1.54, 1.807) is 6.07 Å². The van der Waals surface area contributed by atoms with Gasteiger partial charge in [0, 0.05) is 0 Å². The van der Waals surface area contributed by atoms with Gasteiger partial charge in [-0.3, -0.25) is 0 Å². The number of oxazole rings is 1. The molecule has 0 aliphatic heterocycles. The van der Waals surface area contributed by atoms with Crippen LogP contribution in [0.25, 0.3) is 11.1 Å². The highest BCUT2D eigenvalue weighted by molar-refractivity contribution is 5.78. The minimum absolute atomic E-state index is 0.0162. The predicted octanol–water partition coefficient (Wildman–Crippen LogP) is 2.50. The highest BCUT2D eigenvalue weighted by Crippen LogP contribution is 2.24. The zero-order chi connectivity index (χ0) is 10.1. The van der Waals surface area contributed by atoms with E-state index in [1.807, 2.05) is 0 Å². The van der Waals surface area contributed by atoms with Crippen LogP contribution >= 0.6 is 0 Å². The van der Waals surface area contributed by atoms with Crippen molar-refractivity contribution in [3.63, 3.8) is 0 Å². The number of benzene rings is 1. The Labute approximate surface area is 80.7 Å². The lowest BCUT2D eigenvalue weighted by atomic mass is 10.1. The summed E-state index contributed by atoms with van der Waals surface area (Å²) in [6, 6.07) is 3.13. The second-order valence-electron chi connectivity index (χ2n) is 3.19. The fourth-order valence-electron chi connectivity index (χ4n) is 1.52. The number of halogens is 1. The van der Waals surface area contributed by atoms with Crippen molar-refractivity contribution in [1.82, 2.24) is 4.98 Å². The second-order valence-corrected chi connectivity index (χ2v) is 3.19. The number of hydrogen-bond donors (Lipinski definition) is 1. The van der Waals surface area contributed by atoms with Crippen molar-refractivity contribution < 1.29 is 8.81 Å². The Morgan fingerprint density at radius 1 is 1.50 bits per heavy atom. The van der Waals surface area contributed by atoms with Gasteiger partial charge in [-0.2, -0.15) is 4.98 Å². The van der Waals surface area contributed by atoms with E-state index in [0.717, 1.165) is 18.4 Å². The molecule has 2 N–H and O–H groups in total. The van der Waals surface area contributed by atoms with Gasteiger partial charge in [-0.1, -0.05) is 19.4 Å². The van der Waals surface area contributed by atoms with Crippen LogP contribution in [0.3, 0.4) is 0 Å². The second kappa shape index (κ2) is 3.29. The van der Waals surface area contributed by atoms with Gasteiger partial charge in [0.05, 0.1) is 0 Å². The molecular weight excluding hydrogens is 183 g/mol. The number of anilines is 1. The molecule has 0 aliphatic carbocycles. The molecule has 1 heterocycles. The minimum Gasteiger partial charge on any atom is -0.421 e. The van der Waals surface area contributed by atoms with Crippen molar-refractivity contribution in [3.05, 3.63) is 23.5 Å². The van der Waals surface area contributed by atoms with Gasteiger partial charge < -0.3 is 10.2 Å². The monoisotopic (exact) mass is 194 g/mol. The molecule has 0 fully saturated rings. The fourth-order valence-corrected chi connectivity index (χ4v) is 1.52. The van der Waals surface area contributed by atoms with Gasteiger partial charge in [-0.25, -0.2) is 4.39 Å². The predicted molar refractivity (Wildman–Crippen MR) is 52.4 cm³/mol. The van der Waals surface area contributed by atoms with Gasteiger partial charge in [0.25, 0.3) is 6.01 Å². The highest BCUT2D eigenvalue weighted by Gasteiger charge is 2.11. The average Bonchev–Trinajstić information content (AvgIpc) is 2.53. The van der Waals surface area contributed by atoms with E-state index in [1.165, 1.54) is 6.07 Å². The Morgan fingerprint density at radius 2 is 2.29 bits per heavy atom.